The highest BCUT2D eigenvalue weighted by Gasteiger charge is 2.29. The molecule has 0 fully saturated rings. The van der Waals surface area contributed by atoms with Gasteiger partial charge in [0.1, 0.15) is 5.01 Å². The van der Waals surface area contributed by atoms with E-state index in [-0.39, 0.29) is 11.8 Å². The minimum absolute atomic E-state index is 0.0827. The minimum atomic E-state index is -0.142. The van der Waals surface area contributed by atoms with Gasteiger partial charge in [-0.3, -0.25) is 9.59 Å². The molecule has 2 aromatic carbocycles. The number of nitrogens with zero attached hydrogens (tertiary/aromatic N) is 3. The van der Waals surface area contributed by atoms with Crippen LogP contribution >= 0.6 is 11.3 Å². The molecule has 2 amide bonds. The number of carbonyl (C=O) groups is 2. The molecular weight excluding hydrogens is 530 g/mol. The Hall–Kier alpha value is -4.01. The maximum absolute atomic E-state index is 13.6. The molecule has 0 spiro atoms. The molecule has 2 N–H and O–H groups in total. The van der Waals surface area contributed by atoms with Gasteiger partial charge >= 0.3 is 0 Å². The topological polar surface area (TPSA) is 81.3 Å². The van der Waals surface area contributed by atoms with Gasteiger partial charge in [-0.15, -0.1) is 11.3 Å². The normalized spacial score (nSPS) is 15.8. The lowest BCUT2D eigenvalue weighted by Gasteiger charge is -2.25. The maximum Gasteiger partial charge on any atom is 0.256 e. The van der Waals surface area contributed by atoms with Crippen molar-refractivity contribution in [2.24, 2.45) is 0 Å². The lowest BCUT2D eigenvalue weighted by atomic mass is 10.0. The number of thiazole rings is 1. The number of benzene rings is 2. The Morgan fingerprint density at radius 1 is 1.07 bits per heavy atom. The van der Waals surface area contributed by atoms with Gasteiger partial charge in [0.2, 0.25) is 0 Å². The lowest BCUT2D eigenvalue weighted by Crippen LogP contribution is -2.38. The molecule has 41 heavy (non-hydrogen) atoms. The second kappa shape index (κ2) is 11.5. The SMILES string of the molecule is CCN(CC)CCN1CCCc2[nH]c(/C=C3\C(=O)Nc4ccc(-c5csc(-c6ccccc6)n5)cc43)c(C)c2C1=O. The quantitative estimate of drug-likeness (QED) is 0.245. The number of hydrogen-bond acceptors (Lipinski definition) is 5. The Morgan fingerprint density at radius 3 is 2.66 bits per heavy atom. The van der Waals surface area contributed by atoms with Gasteiger partial charge in [-0.1, -0.05) is 50.2 Å². The van der Waals surface area contributed by atoms with Crippen molar-refractivity contribution < 1.29 is 9.59 Å². The van der Waals surface area contributed by atoms with Crippen molar-refractivity contribution in [2.45, 2.75) is 33.6 Å². The molecule has 0 atom stereocenters. The van der Waals surface area contributed by atoms with E-state index in [0.29, 0.717) is 5.57 Å². The number of amides is 2. The van der Waals surface area contributed by atoms with Gasteiger partial charge in [-0.2, -0.15) is 0 Å². The molecule has 0 radical (unpaired) electrons. The zero-order chi connectivity index (χ0) is 28.5. The van der Waals surface area contributed by atoms with E-state index >= 15 is 0 Å². The summed E-state index contributed by atoms with van der Waals surface area (Å²) < 4.78 is 0. The van der Waals surface area contributed by atoms with E-state index in [1.807, 2.05) is 54.3 Å². The summed E-state index contributed by atoms with van der Waals surface area (Å²) in [6, 6.07) is 16.1. The average molecular weight is 566 g/mol. The zero-order valence-electron chi connectivity index (χ0n) is 23.8. The van der Waals surface area contributed by atoms with Crippen molar-refractivity contribution >= 4 is 40.5 Å². The highest BCUT2D eigenvalue weighted by molar-refractivity contribution is 7.13. The second-order valence-corrected chi connectivity index (χ2v) is 11.5. The first-order valence-electron chi connectivity index (χ1n) is 14.4. The lowest BCUT2D eigenvalue weighted by molar-refractivity contribution is -0.110. The molecule has 210 valence electrons. The first-order chi connectivity index (χ1) is 20.0. The van der Waals surface area contributed by atoms with Gasteiger partial charge in [0.15, 0.2) is 0 Å². The van der Waals surface area contributed by atoms with Gasteiger partial charge in [0, 0.05) is 58.8 Å². The van der Waals surface area contributed by atoms with Gasteiger partial charge in [-0.05, 0) is 56.6 Å². The van der Waals surface area contributed by atoms with Crippen LogP contribution in [-0.2, 0) is 11.2 Å². The van der Waals surface area contributed by atoms with Crippen LogP contribution in [0.1, 0.15) is 53.1 Å². The number of hydrogen-bond donors (Lipinski definition) is 2. The van der Waals surface area contributed by atoms with Crippen LogP contribution in [0, 0.1) is 6.92 Å². The van der Waals surface area contributed by atoms with E-state index in [9.17, 15) is 9.59 Å². The van der Waals surface area contributed by atoms with Gasteiger partial charge in [0.25, 0.3) is 11.8 Å². The number of likely N-dealkylation sites (N-methyl/N-ethyl adjacent to an activating group) is 1. The van der Waals surface area contributed by atoms with Crippen molar-refractivity contribution in [3.8, 4) is 21.8 Å². The minimum Gasteiger partial charge on any atom is -0.358 e. The molecule has 6 rings (SSSR count). The summed E-state index contributed by atoms with van der Waals surface area (Å²) in [6.07, 6.45) is 3.63. The molecular formula is C33H35N5O2S. The molecule has 0 unspecified atom stereocenters. The highest BCUT2D eigenvalue weighted by atomic mass is 32.1. The van der Waals surface area contributed by atoms with Crippen LogP contribution in [0.15, 0.2) is 53.9 Å². The molecule has 2 aliphatic rings. The fourth-order valence-corrected chi connectivity index (χ4v) is 6.61. The van der Waals surface area contributed by atoms with Crippen LogP contribution in [0.5, 0.6) is 0 Å². The number of rotatable bonds is 8. The Morgan fingerprint density at radius 2 is 1.88 bits per heavy atom. The third-order valence-electron chi connectivity index (χ3n) is 8.21. The van der Waals surface area contributed by atoms with Crippen molar-refractivity contribution in [2.75, 3.05) is 38.0 Å². The Kier molecular flexibility index (Phi) is 7.60. The summed E-state index contributed by atoms with van der Waals surface area (Å²) >= 11 is 1.61. The molecule has 4 aromatic rings. The molecule has 7 nitrogen and oxygen atoms in total. The van der Waals surface area contributed by atoms with Gasteiger partial charge in [0.05, 0.1) is 16.8 Å². The molecule has 8 heteroatoms. The molecule has 4 heterocycles. The monoisotopic (exact) mass is 565 g/mol. The number of H-pyrrole nitrogens is 1. The largest absolute Gasteiger partial charge is 0.358 e. The number of aromatic nitrogens is 2. The number of nitrogens with one attached hydrogen (secondary N) is 2. The van der Waals surface area contributed by atoms with Crippen LogP contribution in [0.2, 0.25) is 0 Å². The van der Waals surface area contributed by atoms with Gasteiger partial charge < -0.3 is 20.1 Å². The summed E-state index contributed by atoms with van der Waals surface area (Å²) in [5.74, 6) is -0.0591. The zero-order valence-corrected chi connectivity index (χ0v) is 24.6. The van der Waals surface area contributed by atoms with E-state index < -0.39 is 0 Å². The first kappa shape index (κ1) is 27.2. The Balaban J connectivity index is 1.30. The van der Waals surface area contributed by atoms with E-state index in [4.69, 9.17) is 4.98 Å². The maximum atomic E-state index is 13.6. The molecule has 0 saturated carbocycles. The third-order valence-corrected chi connectivity index (χ3v) is 9.11. The van der Waals surface area contributed by atoms with Crippen LogP contribution in [0.25, 0.3) is 33.5 Å². The van der Waals surface area contributed by atoms with E-state index in [2.05, 4.69) is 46.6 Å². The predicted octanol–water partition coefficient (Wildman–Crippen LogP) is 6.34. The van der Waals surface area contributed by atoms with E-state index in [1.165, 1.54) is 0 Å². The second-order valence-electron chi connectivity index (χ2n) is 10.6. The fraction of sp³-hybridized carbons (Fsp3) is 0.303. The molecule has 0 bridgehead atoms. The molecule has 0 aliphatic carbocycles. The fourth-order valence-electron chi connectivity index (χ4n) is 5.78. The molecule has 2 aromatic heterocycles. The first-order valence-corrected chi connectivity index (χ1v) is 15.3. The number of aromatic amines is 1. The number of fused-ring (bicyclic) bond motifs is 2. The van der Waals surface area contributed by atoms with Crippen LogP contribution < -0.4 is 5.32 Å². The summed E-state index contributed by atoms with van der Waals surface area (Å²) in [5, 5.41) is 6.02. The Bertz CT molecular complexity index is 1630. The Labute approximate surface area is 244 Å². The van der Waals surface area contributed by atoms with Crippen molar-refractivity contribution in [3.63, 3.8) is 0 Å². The smallest absolute Gasteiger partial charge is 0.256 e. The van der Waals surface area contributed by atoms with Crippen molar-refractivity contribution in [1.29, 1.82) is 0 Å². The number of aryl methyl sites for hydroxylation is 1. The standard InChI is InChI=1S/C33H35N5O2S/c1-4-37(5-2)16-17-38-15-9-12-27-30(33(38)40)21(3)28(34-27)19-25-24-18-23(13-14-26(24)35-31(25)39)29-20-41-32(36-29)22-10-7-6-8-11-22/h6-8,10-11,13-14,18-20,34H,4-5,9,12,15-17H2,1-3H3,(H,35,39)/b25-19-. The molecule has 2 aliphatic heterocycles. The van der Waals surface area contributed by atoms with Gasteiger partial charge in [-0.25, -0.2) is 4.98 Å². The van der Waals surface area contributed by atoms with E-state index in [0.717, 1.165) is 101 Å². The molecule has 0 saturated heterocycles. The summed E-state index contributed by atoms with van der Waals surface area (Å²) in [5.41, 5.74) is 8.59. The highest BCUT2D eigenvalue weighted by Crippen LogP contribution is 2.38. The van der Waals surface area contributed by atoms with Crippen molar-refractivity contribution in [3.05, 3.63) is 82.0 Å². The van der Waals surface area contributed by atoms with Crippen LogP contribution in [0.3, 0.4) is 0 Å². The summed E-state index contributed by atoms with van der Waals surface area (Å²) in [4.78, 5) is 39.5. The van der Waals surface area contributed by atoms with Crippen molar-refractivity contribution in [1.82, 2.24) is 19.8 Å². The van der Waals surface area contributed by atoms with Crippen LogP contribution in [0.4, 0.5) is 5.69 Å². The predicted molar refractivity (Wildman–Crippen MR) is 167 cm³/mol. The van der Waals surface area contributed by atoms with E-state index in [1.54, 1.807) is 11.3 Å². The summed E-state index contributed by atoms with van der Waals surface area (Å²) in [6.45, 7) is 10.6. The number of carbonyl (C=O) groups excluding carboxylic acids is 2. The van der Waals surface area contributed by atoms with Crippen LogP contribution in [-0.4, -0.2) is 64.3 Å². The number of anilines is 1. The third kappa shape index (κ3) is 5.25. The summed E-state index contributed by atoms with van der Waals surface area (Å²) in [7, 11) is 0. The average Bonchev–Trinajstić information content (AvgIpc) is 3.66.